The molecule has 0 radical (unpaired) electrons. The zero-order valence-electron chi connectivity index (χ0n) is 5.88. The number of nitrogens with one attached hydrogen (secondary N) is 1. The van der Waals surface area contributed by atoms with Gasteiger partial charge in [-0.3, -0.25) is 10.2 Å². The quantitative estimate of drug-likeness (QED) is 0.398. The molecule has 1 aromatic heterocycles. The predicted molar refractivity (Wildman–Crippen MR) is 35.3 cm³/mol. The van der Waals surface area contributed by atoms with Crippen molar-refractivity contribution in [1.29, 1.82) is 0 Å². The average Bonchev–Trinajstić information content (AvgIpc) is 2.50. The summed E-state index contributed by atoms with van der Waals surface area (Å²) in [6, 6.07) is 1.13. The molecule has 4 nitrogen and oxygen atoms in total. The first-order valence-electron chi connectivity index (χ1n) is 3.03. The SMILES string of the molecule is NNC(=O)c1ccoc1C(F)F. The monoisotopic (exact) mass is 176 g/mol. The maximum Gasteiger partial charge on any atom is 0.296 e. The molecule has 0 fully saturated rings. The topological polar surface area (TPSA) is 68.3 Å². The number of alkyl halides is 2. The minimum absolute atomic E-state index is 0.243. The molecule has 3 N–H and O–H groups in total. The van der Waals surface area contributed by atoms with E-state index < -0.39 is 18.1 Å². The van der Waals surface area contributed by atoms with Crippen LogP contribution < -0.4 is 11.3 Å². The highest BCUT2D eigenvalue weighted by molar-refractivity contribution is 5.94. The van der Waals surface area contributed by atoms with Crippen molar-refractivity contribution in [1.82, 2.24) is 5.43 Å². The first-order chi connectivity index (χ1) is 5.66. The van der Waals surface area contributed by atoms with Gasteiger partial charge in [-0.05, 0) is 6.07 Å². The van der Waals surface area contributed by atoms with Crippen molar-refractivity contribution >= 4 is 5.91 Å². The molecule has 1 amide bonds. The van der Waals surface area contributed by atoms with Crippen LogP contribution in [0, 0.1) is 0 Å². The van der Waals surface area contributed by atoms with Gasteiger partial charge in [0.05, 0.1) is 11.8 Å². The third kappa shape index (κ3) is 1.42. The Bertz CT molecular complexity index is 285. The molecule has 0 bridgehead atoms. The van der Waals surface area contributed by atoms with Crippen LogP contribution in [0.3, 0.4) is 0 Å². The summed E-state index contributed by atoms with van der Waals surface area (Å²) in [5, 5.41) is 0. The van der Waals surface area contributed by atoms with Crippen LogP contribution in [-0.2, 0) is 0 Å². The Morgan fingerprint density at radius 3 is 2.83 bits per heavy atom. The summed E-state index contributed by atoms with van der Waals surface area (Å²) in [5.74, 6) is 3.29. The van der Waals surface area contributed by atoms with Crippen LogP contribution in [0.5, 0.6) is 0 Å². The number of carbonyl (C=O) groups excluding carboxylic acids is 1. The number of nitrogens with two attached hydrogens (primary N) is 1. The Kier molecular flexibility index (Phi) is 2.39. The van der Waals surface area contributed by atoms with Crippen molar-refractivity contribution in [3.05, 3.63) is 23.7 Å². The Morgan fingerprint density at radius 2 is 2.33 bits per heavy atom. The van der Waals surface area contributed by atoms with Crippen LogP contribution in [0.2, 0.25) is 0 Å². The van der Waals surface area contributed by atoms with Crippen molar-refractivity contribution < 1.29 is 18.0 Å². The molecule has 0 spiro atoms. The highest BCUT2D eigenvalue weighted by Crippen LogP contribution is 2.23. The van der Waals surface area contributed by atoms with Gasteiger partial charge in [-0.25, -0.2) is 14.6 Å². The summed E-state index contributed by atoms with van der Waals surface area (Å²) in [7, 11) is 0. The zero-order chi connectivity index (χ0) is 9.14. The van der Waals surface area contributed by atoms with Gasteiger partial charge in [-0.1, -0.05) is 0 Å². The molecule has 66 valence electrons. The van der Waals surface area contributed by atoms with Gasteiger partial charge in [0.2, 0.25) is 0 Å². The van der Waals surface area contributed by atoms with Gasteiger partial charge in [0, 0.05) is 0 Å². The van der Waals surface area contributed by atoms with E-state index in [4.69, 9.17) is 5.84 Å². The molecule has 0 saturated heterocycles. The summed E-state index contributed by atoms with van der Waals surface area (Å²) in [6.45, 7) is 0. The molecule has 6 heteroatoms. The van der Waals surface area contributed by atoms with E-state index in [9.17, 15) is 13.6 Å². The van der Waals surface area contributed by atoms with Crippen LogP contribution in [0.1, 0.15) is 22.5 Å². The lowest BCUT2D eigenvalue weighted by Crippen LogP contribution is -2.30. The lowest BCUT2D eigenvalue weighted by molar-refractivity contribution is 0.0920. The van der Waals surface area contributed by atoms with Crippen molar-refractivity contribution in [2.45, 2.75) is 6.43 Å². The Labute approximate surface area is 66.3 Å². The minimum atomic E-state index is -2.81. The first-order valence-corrected chi connectivity index (χ1v) is 3.03. The van der Waals surface area contributed by atoms with Crippen LogP contribution in [0.25, 0.3) is 0 Å². The standard InChI is InChI=1S/C6H6F2N2O2/c7-5(8)4-3(1-2-12-4)6(11)10-9/h1-2,5H,9H2,(H,10,11). The largest absolute Gasteiger partial charge is 0.462 e. The number of hydrazine groups is 1. The van der Waals surface area contributed by atoms with E-state index in [1.54, 1.807) is 5.43 Å². The number of hydrogen-bond acceptors (Lipinski definition) is 3. The summed E-state index contributed by atoms with van der Waals surface area (Å²) in [5.41, 5.74) is 1.49. The number of rotatable bonds is 2. The maximum absolute atomic E-state index is 12.0. The normalized spacial score (nSPS) is 10.3. The summed E-state index contributed by atoms with van der Waals surface area (Å²) < 4.78 is 28.5. The van der Waals surface area contributed by atoms with E-state index in [0.717, 1.165) is 12.3 Å². The smallest absolute Gasteiger partial charge is 0.296 e. The third-order valence-electron chi connectivity index (χ3n) is 1.27. The van der Waals surface area contributed by atoms with Gasteiger partial charge in [0.25, 0.3) is 12.3 Å². The summed E-state index contributed by atoms with van der Waals surface area (Å²) in [6.07, 6.45) is -1.81. The molecule has 0 aromatic carbocycles. The molecule has 1 rings (SSSR count). The number of nitrogen functional groups attached to an aromatic ring is 1. The zero-order valence-corrected chi connectivity index (χ0v) is 5.88. The van der Waals surface area contributed by atoms with Crippen LogP contribution >= 0.6 is 0 Å². The number of carbonyl (C=O) groups is 1. The maximum atomic E-state index is 12.0. The molecule has 0 saturated carbocycles. The molecular weight excluding hydrogens is 170 g/mol. The molecule has 1 aromatic rings. The van der Waals surface area contributed by atoms with E-state index in [1.165, 1.54) is 0 Å². The van der Waals surface area contributed by atoms with E-state index in [1.807, 2.05) is 0 Å². The van der Waals surface area contributed by atoms with Gasteiger partial charge in [0.15, 0.2) is 5.76 Å². The van der Waals surface area contributed by atoms with E-state index in [2.05, 4.69) is 4.42 Å². The molecular formula is C6H6F2N2O2. The van der Waals surface area contributed by atoms with Gasteiger partial charge >= 0.3 is 0 Å². The average molecular weight is 176 g/mol. The highest BCUT2D eigenvalue weighted by Gasteiger charge is 2.20. The Hall–Kier alpha value is -1.43. The molecule has 0 aliphatic rings. The van der Waals surface area contributed by atoms with Crippen molar-refractivity contribution in [3.8, 4) is 0 Å². The molecule has 0 aliphatic heterocycles. The minimum Gasteiger partial charge on any atom is -0.462 e. The van der Waals surface area contributed by atoms with Gasteiger partial charge in [-0.15, -0.1) is 0 Å². The third-order valence-corrected chi connectivity index (χ3v) is 1.27. The van der Waals surface area contributed by atoms with Gasteiger partial charge in [-0.2, -0.15) is 0 Å². The van der Waals surface area contributed by atoms with Gasteiger partial charge in [0.1, 0.15) is 0 Å². The van der Waals surface area contributed by atoms with Gasteiger partial charge < -0.3 is 4.42 Å². The Balaban J connectivity index is 2.99. The molecule has 1 heterocycles. The highest BCUT2D eigenvalue weighted by atomic mass is 19.3. The van der Waals surface area contributed by atoms with E-state index in [-0.39, 0.29) is 5.56 Å². The number of halogens is 2. The summed E-state index contributed by atoms with van der Waals surface area (Å²) >= 11 is 0. The second-order valence-electron chi connectivity index (χ2n) is 1.97. The fourth-order valence-electron chi connectivity index (χ4n) is 0.755. The number of amides is 1. The second kappa shape index (κ2) is 3.31. The van der Waals surface area contributed by atoms with Crippen molar-refractivity contribution in [2.75, 3.05) is 0 Å². The fourth-order valence-corrected chi connectivity index (χ4v) is 0.755. The second-order valence-corrected chi connectivity index (χ2v) is 1.97. The lowest BCUT2D eigenvalue weighted by Gasteiger charge is -1.98. The number of hydrogen-bond donors (Lipinski definition) is 2. The Morgan fingerprint density at radius 1 is 1.67 bits per heavy atom. The lowest BCUT2D eigenvalue weighted by atomic mass is 10.2. The molecule has 12 heavy (non-hydrogen) atoms. The van der Waals surface area contributed by atoms with E-state index >= 15 is 0 Å². The number of furan rings is 1. The summed E-state index contributed by atoms with van der Waals surface area (Å²) in [4.78, 5) is 10.8. The van der Waals surface area contributed by atoms with E-state index in [0.29, 0.717) is 0 Å². The van der Waals surface area contributed by atoms with Crippen molar-refractivity contribution in [3.63, 3.8) is 0 Å². The van der Waals surface area contributed by atoms with Crippen molar-refractivity contribution in [2.24, 2.45) is 5.84 Å². The molecule has 0 aliphatic carbocycles. The molecule has 0 unspecified atom stereocenters. The fraction of sp³-hybridized carbons (Fsp3) is 0.167. The molecule has 0 atom stereocenters. The van der Waals surface area contributed by atoms with Crippen LogP contribution in [-0.4, -0.2) is 5.91 Å². The first kappa shape index (κ1) is 8.66. The predicted octanol–water partition coefficient (Wildman–Crippen LogP) is 0.821. The van der Waals surface area contributed by atoms with Crippen LogP contribution in [0.15, 0.2) is 16.7 Å². The van der Waals surface area contributed by atoms with Crippen LogP contribution in [0.4, 0.5) is 8.78 Å².